The fraction of sp³-hybridized carbons (Fsp3) is 0.643. The van der Waals surface area contributed by atoms with Crippen molar-refractivity contribution in [3.05, 3.63) is 10.6 Å². The van der Waals surface area contributed by atoms with Gasteiger partial charge in [-0.15, -0.1) is 11.3 Å². The van der Waals surface area contributed by atoms with Gasteiger partial charge in [-0.2, -0.15) is 0 Å². The normalized spacial score (nSPS) is 22.4. The molecule has 4 N–H and O–H groups in total. The molecule has 0 bridgehead atoms. The van der Waals surface area contributed by atoms with E-state index in [0.29, 0.717) is 24.8 Å². The lowest BCUT2D eigenvalue weighted by Gasteiger charge is -2.35. The molecule has 3 rings (SSSR count). The van der Waals surface area contributed by atoms with E-state index in [0.717, 1.165) is 36.4 Å². The van der Waals surface area contributed by atoms with Gasteiger partial charge >= 0.3 is 0 Å². The summed E-state index contributed by atoms with van der Waals surface area (Å²) in [6.07, 6.45) is 2.57. The molecule has 0 aliphatic carbocycles. The summed E-state index contributed by atoms with van der Waals surface area (Å²) in [5.74, 6) is -0.206. The Morgan fingerprint density at radius 2 is 2.18 bits per heavy atom. The number of nitrogens with zero attached hydrogens (tertiary/aromatic N) is 3. The van der Waals surface area contributed by atoms with Crippen LogP contribution in [0.2, 0.25) is 0 Å². The van der Waals surface area contributed by atoms with Gasteiger partial charge in [0.2, 0.25) is 11.8 Å². The molecule has 1 atom stereocenters. The first-order valence-corrected chi connectivity index (χ1v) is 8.38. The maximum atomic E-state index is 12.7. The van der Waals surface area contributed by atoms with Crippen LogP contribution in [0.5, 0.6) is 0 Å². The highest BCUT2D eigenvalue weighted by Gasteiger charge is 2.32. The number of hydrogen-bond acceptors (Lipinski definition) is 6. The van der Waals surface area contributed by atoms with E-state index in [1.54, 1.807) is 0 Å². The van der Waals surface area contributed by atoms with Crippen LogP contribution in [-0.2, 0) is 22.6 Å². The summed E-state index contributed by atoms with van der Waals surface area (Å²) in [6.45, 7) is 2.99. The van der Waals surface area contributed by atoms with Gasteiger partial charge in [0.1, 0.15) is 0 Å². The lowest BCUT2D eigenvalue weighted by molar-refractivity contribution is -0.139. The zero-order chi connectivity index (χ0) is 15.7. The number of anilines is 1. The molecule has 1 saturated heterocycles. The number of likely N-dealkylation sites (tertiary alicyclic amines) is 1. The van der Waals surface area contributed by atoms with Crippen LogP contribution in [0.4, 0.5) is 5.13 Å². The van der Waals surface area contributed by atoms with Crippen molar-refractivity contribution in [1.29, 1.82) is 0 Å². The zero-order valence-electron chi connectivity index (χ0n) is 12.5. The second-order valence-electron chi connectivity index (χ2n) is 5.97. The molecule has 1 unspecified atom stereocenters. The van der Waals surface area contributed by atoms with Crippen molar-refractivity contribution in [1.82, 2.24) is 14.8 Å². The Morgan fingerprint density at radius 3 is 2.95 bits per heavy atom. The number of aromatic nitrogens is 1. The summed E-state index contributed by atoms with van der Waals surface area (Å²) in [6, 6.07) is 0. The molecule has 22 heavy (non-hydrogen) atoms. The topological polar surface area (TPSA) is 106 Å². The molecule has 2 aliphatic heterocycles. The summed E-state index contributed by atoms with van der Waals surface area (Å²) in [4.78, 5) is 33.1. The standard InChI is InChI=1S/C14H21N5O2S/c15-12(20)8-18-4-1-2-9(6-18)13(21)19-5-3-10-11(7-19)22-14(16)17-10/h9H,1-8H2,(H2,15,20)(H2,16,17). The first kappa shape index (κ1) is 15.2. The molecular formula is C14H21N5O2S. The van der Waals surface area contributed by atoms with Crippen LogP contribution in [0.15, 0.2) is 0 Å². The maximum absolute atomic E-state index is 12.7. The van der Waals surface area contributed by atoms with Gasteiger partial charge in [-0.05, 0) is 19.4 Å². The Kier molecular flexibility index (Phi) is 4.30. The molecule has 0 aromatic carbocycles. The lowest BCUT2D eigenvalue weighted by Crippen LogP contribution is -2.47. The van der Waals surface area contributed by atoms with E-state index in [1.807, 2.05) is 9.80 Å². The van der Waals surface area contributed by atoms with Crippen molar-refractivity contribution < 1.29 is 9.59 Å². The number of primary amides is 1. The number of amides is 2. The second-order valence-corrected chi connectivity index (χ2v) is 7.09. The Hall–Kier alpha value is -1.67. The van der Waals surface area contributed by atoms with E-state index in [1.165, 1.54) is 11.3 Å². The Morgan fingerprint density at radius 1 is 1.36 bits per heavy atom. The predicted octanol–water partition coefficient (Wildman–Crippen LogP) is -0.193. The van der Waals surface area contributed by atoms with Crippen LogP contribution < -0.4 is 11.5 Å². The SMILES string of the molecule is NC(=O)CN1CCCC(C(=O)N2CCc3nc(N)sc3C2)C1. The van der Waals surface area contributed by atoms with E-state index in [4.69, 9.17) is 11.5 Å². The maximum Gasteiger partial charge on any atom is 0.231 e. The highest BCUT2D eigenvalue weighted by atomic mass is 32.1. The molecule has 0 saturated carbocycles. The fourth-order valence-electron chi connectivity index (χ4n) is 3.28. The fourth-order valence-corrected chi connectivity index (χ4v) is 4.18. The molecule has 7 nitrogen and oxygen atoms in total. The van der Waals surface area contributed by atoms with Gasteiger partial charge in [0.25, 0.3) is 0 Å². The van der Waals surface area contributed by atoms with Gasteiger partial charge in [0.05, 0.1) is 24.7 Å². The van der Waals surface area contributed by atoms with Crippen molar-refractivity contribution >= 4 is 28.3 Å². The van der Waals surface area contributed by atoms with E-state index < -0.39 is 0 Å². The number of nitrogens with two attached hydrogens (primary N) is 2. The Balaban J connectivity index is 1.63. The quantitative estimate of drug-likeness (QED) is 0.802. The van der Waals surface area contributed by atoms with Crippen LogP contribution in [0.3, 0.4) is 0 Å². The number of carbonyl (C=O) groups is 2. The van der Waals surface area contributed by atoms with Gasteiger partial charge in [0.15, 0.2) is 5.13 Å². The number of hydrogen-bond donors (Lipinski definition) is 2. The van der Waals surface area contributed by atoms with E-state index in [-0.39, 0.29) is 24.3 Å². The van der Waals surface area contributed by atoms with Crippen LogP contribution >= 0.6 is 11.3 Å². The number of rotatable bonds is 3. The van der Waals surface area contributed by atoms with Crippen molar-refractivity contribution in [2.45, 2.75) is 25.8 Å². The minimum absolute atomic E-state index is 0.0417. The number of thiazole rings is 1. The zero-order valence-corrected chi connectivity index (χ0v) is 13.3. The number of nitrogen functional groups attached to an aromatic ring is 1. The van der Waals surface area contributed by atoms with Crippen molar-refractivity contribution in [3.8, 4) is 0 Å². The smallest absolute Gasteiger partial charge is 0.231 e. The number of carbonyl (C=O) groups excluding carboxylic acids is 2. The third-order valence-corrected chi connectivity index (χ3v) is 5.21. The molecule has 2 aliphatic rings. The molecule has 1 fully saturated rings. The molecule has 8 heteroatoms. The van der Waals surface area contributed by atoms with E-state index in [2.05, 4.69) is 4.98 Å². The monoisotopic (exact) mass is 323 g/mol. The molecule has 0 radical (unpaired) electrons. The third kappa shape index (κ3) is 3.22. The van der Waals surface area contributed by atoms with Gasteiger partial charge in [0, 0.05) is 24.4 Å². The summed E-state index contributed by atoms with van der Waals surface area (Å²) in [7, 11) is 0. The molecule has 1 aromatic rings. The van der Waals surface area contributed by atoms with Gasteiger partial charge in [-0.25, -0.2) is 4.98 Å². The minimum atomic E-state index is -0.337. The minimum Gasteiger partial charge on any atom is -0.375 e. The molecule has 1 aromatic heterocycles. The van der Waals surface area contributed by atoms with E-state index in [9.17, 15) is 9.59 Å². The van der Waals surface area contributed by atoms with Gasteiger partial charge < -0.3 is 16.4 Å². The number of piperidine rings is 1. The second kappa shape index (κ2) is 6.21. The highest BCUT2D eigenvalue weighted by molar-refractivity contribution is 7.15. The van der Waals surface area contributed by atoms with Crippen LogP contribution in [0.1, 0.15) is 23.4 Å². The van der Waals surface area contributed by atoms with E-state index >= 15 is 0 Å². The third-order valence-electron chi connectivity index (χ3n) is 4.29. The van der Waals surface area contributed by atoms with Crippen molar-refractivity contribution in [2.75, 3.05) is 31.9 Å². The molecule has 2 amide bonds. The first-order valence-electron chi connectivity index (χ1n) is 7.56. The molecule has 120 valence electrons. The molecule has 0 spiro atoms. The summed E-state index contributed by atoms with van der Waals surface area (Å²) >= 11 is 1.47. The molecule has 3 heterocycles. The van der Waals surface area contributed by atoms with Crippen LogP contribution in [0, 0.1) is 5.92 Å². The highest BCUT2D eigenvalue weighted by Crippen LogP contribution is 2.28. The Bertz CT molecular complexity index is 588. The average molecular weight is 323 g/mol. The lowest BCUT2D eigenvalue weighted by atomic mass is 9.95. The predicted molar refractivity (Wildman–Crippen MR) is 84.0 cm³/mol. The first-order chi connectivity index (χ1) is 10.5. The van der Waals surface area contributed by atoms with Crippen LogP contribution in [0.25, 0.3) is 0 Å². The summed E-state index contributed by atoms with van der Waals surface area (Å²) in [5, 5.41) is 0.574. The van der Waals surface area contributed by atoms with Gasteiger partial charge in [-0.3, -0.25) is 14.5 Å². The Labute approximate surface area is 133 Å². The van der Waals surface area contributed by atoms with Crippen molar-refractivity contribution in [2.24, 2.45) is 11.7 Å². The summed E-state index contributed by atoms with van der Waals surface area (Å²) in [5.41, 5.74) is 12.0. The van der Waals surface area contributed by atoms with Crippen molar-refractivity contribution in [3.63, 3.8) is 0 Å². The number of fused-ring (bicyclic) bond motifs is 1. The molecular weight excluding hydrogens is 302 g/mol. The largest absolute Gasteiger partial charge is 0.375 e. The average Bonchev–Trinajstić information content (AvgIpc) is 2.85. The van der Waals surface area contributed by atoms with Gasteiger partial charge in [-0.1, -0.05) is 0 Å². The van der Waals surface area contributed by atoms with Crippen LogP contribution in [-0.4, -0.2) is 52.8 Å². The summed E-state index contributed by atoms with van der Waals surface area (Å²) < 4.78 is 0.